The first-order chi connectivity index (χ1) is 11.5. The van der Waals surface area contributed by atoms with E-state index in [9.17, 15) is 9.59 Å². The molecule has 5 nitrogen and oxygen atoms in total. The average Bonchev–Trinajstić information content (AvgIpc) is 2.56. The molecule has 0 saturated carbocycles. The molecule has 3 amide bonds. The van der Waals surface area contributed by atoms with Crippen molar-refractivity contribution >= 4 is 23.3 Å². The molecule has 0 heterocycles. The Kier molecular flexibility index (Phi) is 5.95. The minimum Gasteiger partial charge on any atom is -0.336 e. The summed E-state index contributed by atoms with van der Waals surface area (Å²) in [6, 6.07) is 14.3. The minimum atomic E-state index is -0.306. The van der Waals surface area contributed by atoms with Gasteiger partial charge >= 0.3 is 6.03 Å². The Balaban J connectivity index is 2.11. The molecule has 2 aromatic carbocycles. The summed E-state index contributed by atoms with van der Waals surface area (Å²) in [5.74, 6) is -0.212. The third-order valence-electron chi connectivity index (χ3n) is 3.47. The predicted molar refractivity (Wildman–Crippen MR) is 97.5 cm³/mol. The lowest BCUT2D eigenvalue weighted by Crippen LogP contribution is -2.34. The van der Waals surface area contributed by atoms with Crippen LogP contribution in [0.2, 0.25) is 0 Å². The van der Waals surface area contributed by atoms with Gasteiger partial charge in [0, 0.05) is 11.6 Å². The van der Waals surface area contributed by atoms with Crippen molar-refractivity contribution in [3.8, 4) is 0 Å². The first-order valence-electron chi connectivity index (χ1n) is 8.06. The number of hydrogen-bond acceptors (Lipinski definition) is 2. The fraction of sp³-hybridized carbons (Fsp3) is 0.263. The second-order valence-corrected chi connectivity index (χ2v) is 5.80. The summed E-state index contributed by atoms with van der Waals surface area (Å²) in [5, 5.41) is 8.35. The molecule has 0 unspecified atom stereocenters. The Bertz CT molecular complexity index is 709. The van der Waals surface area contributed by atoms with E-state index >= 15 is 0 Å². The normalized spacial score (nSPS) is 10.3. The van der Waals surface area contributed by atoms with Crippen LogP contribution in [0.15, 0.2) is 48.5 Å². The van der Waals surface area contributed by atoms with E-state index in [1.165, 1.54) is 5.56 Å². The first-order valence-corrected chi connectivity index (χ1v) is 8.06. The largest absolute Gasteiger partial charge is 0.336 e. The molecular weight excluding hydrogens is 302 g/mol. The van der Waals surface area contributed by atoms with Crippen molar-refractivity contribution in [3.63, 3.8) is 0 Å². The maximum Gasteiger partial charge on any atom is 0.319 e. The van der Waals surface area contributed by atoms with Gasteiger partial charge in [-0.25, -0.2) is 4.79 Å². The number of carbonyl (C=O) groups excluding carboxylic acids is 2. The fourth-order valence-electron chi connectivity index (χ4n) is 2.21. The van der Waals surface area contributed by atoms with Crippen molar-refractivity contribution < 1.29 is 9.59 Å². The number of benzene rings is 2. The van der Waals surface area contributed by atoms with Gasteiger partial charge in [-0.1, -0.05) is 31.2 Å². The smallest absolute Gasteiger partial charge is 0.319 e. The fourth-order valence-corrected chi connectivity index (χ4v) is 2.21. The third kappa shape index (κ3) is 4.84. The van der Waals surface area contributed by atoms with Crippen LogP contribution >= 0.6 is 0 Å². The number of rotatable bonds is 5. The lowest BCUT2D eigenvalue weighted by molar-refractivity contribution is 0.102. The minimum absolute atomic E-state index is 0.0313. The van der Waals surface area contributed by atoms with Gasteiger partial charge in [0.05, 0.1) is 11.4 Å². The van der Waals surface area contributed by atoms with Crippen LogP contribution in [0.4, 0.5) is 16.2 Å². The van der Waals surface area contributed by atoms with Crippen molar-refractivity contribution in [3.05, 3.63) is 59.7 Å². The zero-order chi connectivity index (χ0) is 17.5. The van der Waals surface area contributed by atoms with Gasteiger partial charge in [-0.05, 0) is 50.1 Å². The standard InChI is InChI=1S/C19H23N3O2/c1-4-14-9-11-15(12-10-14)18(23)21-16-7-5-6-8-17(16)22-19(24)20-13(2)3/h5-13H,4H2,1-3H3,(H,21,23)(H2,20,22,24). The SMILES string of the molecule is CCc1ccc(C(=O)Nc2ccccc2NC(=O)NC(C)C)cc1. The third-order valence-corrected chi connectivity index (χ3v) is 3.47. The van der Waals surface area contributed by atoms with Crippen LogP contribution in [0.3, 0.4) is 0 Å². The molecule has 0 atom stereocenters. The highest BCUT2D eigenvalue weighted by Crippen LogP contribution is 2.21. The lowest BCUT2D eigenvalue weighted by atomic mass is 10.1. The molecule has 0 aliphatic carbocycles. The molecular formula is C19H23N3O2. The number of amides is 3. The summed E-state index contributed by atoms with van der Waals surface area (Å²) in [7, 11) is 0. The molecule has 0 bridgehead atoms. The van der Waals surface area contributed by atoms with Gasteiger partial charge in [0.25, 0.3) is 5.91 Å². The van der Waals surface area contributed by atoms with Crippen LogP contribution < -0.4 is 16.0 Å². The van der Waals surface area contributed by atoms with Crippen LogP contribution in [0.5, 0.6) is 0 Å². The summed E-state index contributed by atoms with van der Waals surface area (Å²) in [6.07, 6.45) is 0.930. The van der Waals surface area contributed by atoms with Crippen molar-refractivity contribution in [2.45, 2.75) is 33.2 Å². The van der Waals surface area contributed by atoms with E-state index in [4.69, 9.17) is 0 Å². The van der Waals surface area contributed by atoms with E-state index in [1.807, 2.05) is 26.0 Å². The second-order valence-electron chi connectivity index (χ2n) is 5.80. The topological polar surface area (TPSA) is 70.2 Å². The Morgan fingerprint density at radius 3 is 2.04 bits per heavy atom. The van der Waals surface area contributed by atoms with Crippen LogP contribution in [-0.2, 0) is 6.42 Å². The highest BCUT2D eigenvalue weighted by atomic mass is 16.2. The molecule has 0 radical (unpaired) electrons. The molecule has 24 heavy (non-hydrogen) atoms. The van der Waals surface area contributed by atoms with Gasteiger partial charge in [-0.15, -0.1) is 0 Å². The van der Waals surface area contributed by atoms with Gasteiger partial charge in [-0.2, -0.15) is 0 Å². The first kappa shape index (κ1) is 17.5. The quantitative estimate of drug-likeness (QED) is 0.776. The number of nitrogens with one attached hydrogen (secondary N) is 3. The van der Waals surface area contributed by atoms with E-state index in [-0.39, 0.29) is 18.0 Å². The van der Waals surface area contributed by atoms with Crippen LogP contribution in [-0.4, -0.2) is 18.0 Å². The maximum atomic E-state index is 12.4. The Morgan fingerprint density at radius 1 is 0.917 bits per heavy atom. The Labute approximate surface area is 142 Å². The molecule has 2 aromatic rings. The predicted octanol–water partition coefficient (Wildman–Crippen LogP) is 4.03. The number of anilines is 2. The van der Waals surface area contributed by atoms with Gasteiger partial charge in [0.15, 0.2) is 0 Å². The molecule has 0 aromatic heterocycles. The number of aryl methyl sites for hydroxylation is 1. The van der Waals surface area contributed by atoms with E-state index in [1.54, 1.807) is 36.4 Å². The highest BCUT2D eigenvalue weighted by molar-refractivity contribution is 6.07. The molecule has 0 fully saturated rings. The Hall–Kier alpha value is -2.82. The van der Waals surface area contributed by atoms with E-state index in [2.05, 4.69) is 22.9 Å². The lowest BCUT2D eigenvalue weighted by Gasteiger charge is -2.14. The van der Waals surface area contributed by atoms with E-state index < -0.39 is 0 Å². The number of urea groups is 1. The number of carbonyl (C=O) groups is 2. The van der Waals surface area contributed by atoms with Crippen molar-refractivity contribution in [2.75, 3.05) is 10.6 Å². The maximum absolute atomic E-state index is 12.4. The zero-order valence-corrected chi connectivity index (χ0v) is 14.2. The molecule has 126 valence electrons. The summed E-state index contributed by atoms with van der Waals surface area (Å²) >= 11 is 0. The van der Waals surface area contributed by atoms with Gasteiger partial charge in [0.2, 0.25) is 0 Å². The number of para-hydroxylation sites is 2. The monoisotopic (exact) mass is 325 g/mol. The summed E-state index contributed by atoms with van der Waals surface area (Å²) in [6.45, 7) is 5.83. The second kappa shape index (κ2) is 8.15. The molecule has 0 saturated heterocycles. The van der Waals surface area contributed by atoms with Gasteiger partial charge in [0.1, 0.15) is 0 Å². The molecule has 3 N–H and O–H groups in total. The number of hydrogen-bond donors (Lipinski definition) is 3. The molecule has 0 spiro atoms. The summed E-state index contributed by atoms with van der Waals surface area (Å²) < 4.78 is 0. The molecule has 0 aliphatic rings. The molecule has 0 aliphatic heterocycles. The summed E-state index contributed by atoms with van der Waals surface area (Å²) in [5.41, 5.74) is 2.86. The van der Waals surface area contributed by atoms with Crippen molar-refractivity contribution in [1.82, 2.24) is 5.32 Å². The molecule has 5 heteroatoms. The van der Waals surface area contributed by atoms with E-state index in [0.29, 0.717) is 16.9 Å². The van der Waals surface area contributed by atoms with Gasteiger partial charge in [-0.3, -0.25) is 4.79 Å². The van der Waals surface area contributed by atoms with Crippen LogP contribution in [0, 0.1) is 0 Å². The Morgan fingerprint density at radius 2 is 1.50 bits per heavy atom. The van der Waals surface area contributed by atoms with Crippen molar-refractivity contribution in [2.24, 2.45) is 0 Å². The zero-order valence-electron chi connectivity index (χ0n) is 14.2. The average molecular weight is 325 g/mol. The van der Waals surface area contributed by atoms with Crippen LogP contribution in [0.25, 0.3) is 0 Å². The van der Waals surface area contributed by atoms with Crippen molar-refractivity contribution in [1.29, 1.82) is 0 Å². The van der Waals surface area contributed by atoms with E-state index in [0.717, 1.165) is 6.42 Å². The van der Waals surface area contributed by atoms with Crippen LogP contribution in [0.1, 0.15) is 36.7 Å². The van der Waals surface area contributed by atoms with Gasteiger partial charge < -0.3 is 16.0 Å². The molecule has 2 rings (SSSR count). The summed E-state index contributed by atoms with van der Waals surface area (Å²) in [4.78, 5) is 24.3. The highest BCUT2D eigenvalue weighted by Gasteiger charge is 2.11.